The molecule has 0 saturated heterocycles. The van der Waals surface area contributed by atoms with Crippen LogP contribution >= 0.6 is 11.3 Å². The molecule has 2 aromatic carbocycles. The molecule has 5 rings (SSSR count). The van der Waals surface area contributed by atoms with Crippen molar-refractivity contribution in [3.05, 3.63) is 84.2 Å². The van der Waals surface area contributed by atoms with Gasteiger partial charge in [0.1, 0.15) is 0 Å². The van der Waals surface area contributed by atoms with Crippen molar-refractivity contribution in [3.8, 4) is 20.9 Å². The minimum absolute atomic E-state index is 0.0279. The number of carbonyl (C=O) groups excluding carboxylic acids is 1. The Morgan fingerprint density at radius 2 is 1.53 bits per heavy atom. The molecule has 2 aromatic heterocycles. The lowest BCUT2D eigenvalue weighted by Gasteiger charge is -2.09. The van der Waals surface area contributed by atoms with Crippen molar-refractivity contribution in [2.75, 3.05) is 18.0 Å². The van der Waals surface area contributed by atoms with Crippen LogP contribution in [0.4, 0.5) is 5.69 Å². The SMILES string of the molecule is CN1Cc2cc(-c3ccc(-c4cncc(NS(=O)(=O)c5ccc(S(C)(=O)=O)cc5)c4)s3)ccc2C1=O. The summed E-state index contributed by atoms with van der Waals surface area (Å²) in [4.78, 5) is 19.9. The third-order valence-electron chi connectivity index (χ3n) is 5.82. The Morgan fingerprint density at radius 3 is 2.22 bits per heavy atom. The van der Waals surface area contributed by atoms with Crippen LogP contribution in [-0.4, -0.2) is 45.9 Å². The number of sulfonamides is 1. The zero-order valence-electron chi connectivity index (χ0n) is 19.3. The molecule has 0 radical (unpaired) electrons. The molecule has 0 unspecified atom stereocenters. The molecule has 1 aliphatic heterocycles. The van der Waals surface area contributed by atoms with Crippen molar-refractivity contribution >= 4 is 42.8 Å². The van der Waals surface area contributed by atoms with Crippen molar-refractivity contribution < 1.29 is 21.6 Å². The number of aromatic nitrogens is 1. The van der Waals surface area contributed by atoms with Crippen molar-refractivity contribution in [1.29, 1.82) is 0 Å². The molecule has 0 saturated carbocycles. The number of nitrogens with one attached hydrogen (secondary N) is 1. The molecule has 1 amide bonds. The van der Waals surface area contributed by atoms with Crippen molar-refractivity contribution in [2.24, 2.45) is 0 Å². The van der Waals surface area contributed by atoms with Gasteiger partial charge in [-0.15, -0.1) is 11.3 Å². The lowest BCUT2D eigenvalue weighted by Crippen LogP contribution is -2.17. The molecule has 0 spiro atoms. The Labute approximate surface area is 213 Å². The van der Waals surface area contributed by atoms with Gasteiger partial charge >= 0.3 is 0 Å². The second-order valence-electron chi connectivity index (χ2n) is 8.51. The van der Waals surface area contributed by atoms with Gasteiger partial charge in [0.2, 0.25) is 0 Å². The first-order valence-corrected chi connectivity index (χ1v) is 15.0. The van der Waals surface area contributed by atoms with Gasteiger partial charge in [0.05, 0.1) is 21.7 Å². The number of nitrogens with zero attached hydrogens (tertiary/aromatic N) is 2. The zero-order chi connectivity index (χ0) is 25.7. The van der Waals surface area contributed by atoms with Crippen LogP contribution in [0.2, 0.25) is 0 Å². The van der Waals surface area contributed by atoms with Gasteiger partial charge in [-0.05, 0) is 65.7 Å². The molecule has 0 aliphatic carbocycles. The number of carbonyl (C=O) groups is 1. The van der Waals surface area contributed by atoms with Gasteiger partial charge in [-0.3, -0.25) is 14.5 Å². The van der Waals surface area contributed by atoms with E-state index < -0.39 is 19.9 Å². The summed E-state index contributed by atoms with van der Waals surface area (Å²) in [7, 11) is -5.59. The summed E-state index contributed by atoms with van der Waals surface area (Å²) in [5, 5.41) is 0. The molecule has 1 aliphatic rings. The average molecular weight is 540 g/mol. The van der Waals surface area contributed by atoms with Crippen LogP contribution < -0.4 is 4.72 Å². The van der Waals surface area contributed by atoms with E-state index in [2.05, 4.69) is 9.71 Å². The Bertz CT molecular complexity index is 1710. The quantitative estimate of drug-likeness (QED) is 0.392. The lowest BCUT2D eigenvalue weighted by molar-refractivity contribution is 0.0816. The maximum absolute atomic E-state index is 12.8. The van der Waals surface area contributed by atoms with Gasteiger partial charge in [0.25, 0.3) is 15.9 Å². The zero-order valence-corrected chi connectivity index (χ0v) is 21.7. The fraction of sp³-hybridized carbons (Fsp3) is 0.120. The second kappa shape index (κ2) is 8.84. The molecule has 184 valence electrons. The molecule has 3 heterocycles. The van der Waals surface area contributed by atoms with E-state index in [1.54, 1.807) is 35.5 Å². The Kier molecular flexibility index (Phi) is 5.93. The van der Waals surface area contributed by atoms with Crippen LogP contribution in [0.1, 0.15) is 15.9 Å². The second-order valence-corrected chi connectivity index (χ2v) is 13.3. The first-order valence-electron chi connectivity index (χ1n) is 10.8. The maximum Gasteiger partial charge on any atom is 0.261 e. The number of anilines is 1. The summed E-state index contributed by atoms with van der Waals surface area (Å²) in [5.41, 5.74) is 3.77. The summed E-state index contributed by atoms with van der Waals surface area (Å²) in [6.45, 7) is 0.587. The number of rotatable bonds is 6. The first kappa shape index (κ1) is 24.2. The predicted molar refractivity (Wildman–Crippen MR) is 139 cm³/mol. The molecular formula is C25H21N3O5S3. The first-order chi connectivity index (χ1) is 17.0. The molecule has 0 bridgehead atoms. The average Bonchev–Trinajstić information content (AvgIpc) is 3.43. The highest BCUT2D eigenvalue weighted by atomic mass is 32.2. The van der Waals surface area contributed by atoms with E-state index in [-0.39, 0.29) is 21.4 Å². The number of amides is 1. The normalized spacial score (nSPS) is 13.6. The fourth-order valence-corrected chi connectivity index (χ4v) is 6.63. The van der Waals surface area contributed by atoms with Gasteiger partial charge in [-0.25, -0.2) is 16.8 Å². The monoisotopic (exact) mass is 539 g/mol. The van der Waals surface area contributed by atoms with E-state index in [0.717, 1.165) is 38.3 Å². The van der Waals surface area contributed by atoms with Gasteiger partial charge in [-0.2, -0.15) is 0 Å². The van der Waals surface area contributed by atoms with Gasteiger partial charge in [0, 0.05) is 46.9 Å². The Balaban J connectivity index is 1.38. The molecule has 0 fully saturated rings. The molecule has 4 aromatic rings. The minimum Gasteiger partial charge on any atom is -0.337 e. The molecular weight excluding hydrogens is 518 g/mol. The topological polar surface area (TPSA) is 114 Å². The van der Waals surface area contributed by atoms with E-state index in [1.165, 1.54) is 30.5 Å². The van der Waals surface area contributed by atoms with Gasteiger partial charge < -0.3 is 4.90 Å². The van der Waals surface area contributed by atoms with Crippen LogP contribution in [0, 0.1) is 0 Å². The highest BCUT2D eigenvalue weighted by Crippen LogP contribution is 2.37. The molecule has 8 nitrogen and oxygen atoms in total. The summed E-state index contributed by atoms with van der Waals surface area (Å²) < 4.78 is 51.4. The third-order valence-corrected chi connectivity index (χ3v) is 9.53. The van der Waals surface area contributed by atoms with E-state index in [9.17, 15) is 21.6 Å². The third kappa shape index (κ3) is 4.64. The predicted octanol–water partition coefficient (Wildman–Crippen LogP) is 4.27. The number of fused-ring (bicyclic) bond motifs is 1. The van der Waals surface area contributed by atoms with E-state index in [1.807, 2.05) is 30.3 Å². The number of benzene rings is 2. The summed E-state index contributed by atoms with van der Waals surface area (Å²) in [6.07, 6.45) is 4.13. The maximum atomic E-state index is 12.8. The summed E-state index contributed by atoms with van der Waals surface area (Å²) in [5.74, 6) is 0.0279. The van der Waals surface area contributed by atoms with E-state index in [0.29, 0.717) is 6.54 Å². The largest absolute Gasteiger partial charge is 0.337 e. The molecule has 36 heavy (non-hydrogen) atoms. The fourth-order valence-electron chi connectivity index (χ4n) is 3.98. The minimum atomic E-state index is -3.94. The van der Waals surface area contributed by atoms with E-state index >= 15 is 0 Å². The molecule has 0 atom stereocenters. The highest BCUT2D eigenvalue weighted by molar-refractivity contribution is 7.92. The van der Waals surface area contributed by atoms with E-state index in [4.69, 9.17) is 0 Å². The number of thiophene rings is 1. The number of pyridine rings is 1. The van der Waals surface area contributed by atoms with Crippen LogP contribution in [0.3, 0.4) is 0 Å². The summed E-state index contributed by atoms with van der Waals surface area (Å²) >= 11 is 1.54. The summed E-state index contributed by atoms with van der Waals surface area (Å²) in [6, 6.07) is 16.5. The van der Waals surface area contributed by atoms with Crippen molar-refractivity contribution in [2.45, 2.75) is 16.3 Å². The standard InChI is InChI=1S/C25H21N3O5S3/c1-28-15-18-11-16(3-8-22(18)25(28)29)23-9-10-24(34-23)17-12-19(14-26-13-17)27-36(32,33)21-6-4-20(5-7-21)35(2,30)31/h3-14,27H,15H2,1-2H3. The molecule has 11 heteroatoms. The van der Waals surface area contributed by atoms with Crippen LogP contribution in [0.5, 0.6) is 0 Å². The van der Waals surface area contributed by atoms with Crippen LogP contribution in [-0.2, 0) is 26.4 Å². The Hall–Kier alpha value is -3.54. The highest BCUT2D eigenvalue weighted by Gasteiger charge is 2.24. The van der Waals surface area contributed by atoms with Gasteiger partial charge in [-0.1, -0.05) is 6.07 Å². The number of hydrogen-bond donors (Lipinski definition) is 1. The van der Waals surface area contributed by atoms with Crippen molar-refractivity contribution in [1.82, 2.24) is 9.88 Å². The van der Waals surface area contributed by atoms with Crippen molar-refractivity contribution in [3.63, 3.8) is 0 Å². The Morgan fingerprint density at radius 1 is 0.861 bits per heavy atom. The molecule has 1 N–H and O–H groups in total. The van der Waals surface area contributed by atoms with Gasteiger partial charge in [0.15, 0.2) is 9.84 Å². The number of hydrogen-bond acceptors (Lipinski definition) is 7. The van der Waals surface area contributed by atoms with Crippen LogP contribution in [0.15, 0.2) is 82.8 Å². The number of sulfone groups is 1. The smallest absolute Gasteiger partial charge is 0.261 e. The van der Waals surface area contributed by atoms with Crippen LogP contribution in [0.25, 0.3) is 20.9 Å². The lowest BCUT2D eigenvalue weighted by atomic mass is 10.1.